The molecule has 0 bridgehead atoms. The van der Waals surface area contributed by atoms with Crippen molar-refractivity contribution in [2.24, 2.45) is 5.73 Å². The first-order valence-electron chi connectivity index (χ1n) is 5.99. The minimum atomic E-state index is -0.288. The quantitative estimate of drug-likeness (QED) is 0.832. The Bertz CT molecular complexity index is 617. The van der Waals surface area contributed by atoms with Crippen molar-refractivity contribution < 1.29 is 9.47 Å². The van der Waals surface area contributed by atoms with Gasteiger partial charge in [0.25, 0.3) is 0 Å². The van der Waals surface area contributed by atoms with Crippen LogP contribution in [0.15, 0.2) is 45.3 Å². The van der Waals surface area contributed by atoms with Gasteiger partial charge in [0.2, 0.25) is 0 Å². The fraction of sp³-hybridized carbons (Fsp3) is 0.200. The molecule has 0 saturated heterocycles. The number of nitrogens with two attached hydrogens (primary N) is 1. The summed E-state index contributed by atoms with van der Waals surface area (Å²) in [6.45, 7) is 0. The second-order valence-corrected chi connectivity index (χ2v) is 6.03. The van der Waals surface area contributed by atoms with Crippen molar-refractivity contribution in [2.75, 3.05) is 14.2 Å². The van der Waals surface area contributed by atoms with Gasteiger partial charge in [-0.05, 0) is 45.8 Å². The second kappa shape index (κ2) is 6.61. The summed E-state index contributed by atoms with van der Waals surface area (Å²) in [7, 11) is 3.26. The van der Waals surface area contributed by atoms with E-state index in [1.54, 1.807) is 14.2 Å². The molecule has 0 aliphatic carbocycles. The van der Waals surface area contributed by atoms with Gasteiger partial charge in [0.1, 0.15) is 11.5 Å². The zero-order valence-electron chi connectivity index (χ0n) is 11.2. The summed E-state index contributed by atoms with van der Waals surface area (Å²) >= 11 is 6.91. The molecule has 0 aromatic heterocycles. The molecule has 0 radical (unpaired) electrons. The lowest BCUT2D eigenvalue weighted by Crippen LogP contribution is -2.13. The molecule has 0 fully saturated rings. The van der Waals surface area contributed by atoms with Crippen molar-refractivity contribution in [1.82, 2.24) is 0 Å². The Labute approximate surface area is 135 Å². The predicted molar refractivity (Wildman–Crippen MR) is 87.4 cm³/mol. The summed E-state index contributed by atoms with van der Waals surface area (Å²) in [5, 5.41) is 0. The number of hydrogen-bond acceptors (Lipinski definition) is 3. The van der Waals surface area contributed by atoms with E-state index in [9.17, 15) is 0 Å². The van der Waals surface area contributed by atoms with E-state index in [4.69, 9.17) is 15.2 Å². The Kier molecular flexibility index (Phi) is 5.07. The van der Waals surface area contributed by atoms with Gasteiger partial charge in [-0.25, -0.2) is 0 Å². The molecule has 2 aromatic carbocycles. The Balaban J connectivity index is 2.50. The predicted octanol–water partition coefficient (Wildman–Crippen LogP) is 4.28. The van der Waals surface area contributed by atoms with E-state index in [0.717, 1.165) is 31.6 Å². The maximum atomic E-state index is 6.36. The molecule has 106 valence electrons. The Morgan fingerprint density at radius 1 is 1.00 bits per heavy atom. The van der Waals surface area contributed by atoms with Crippen molar-refractivity contribution in [3.8, 4) is 11.5 Å². The molecular weight excluding hydrogens is 386 g/mol. The van der Waals surface area contributed by atoms with Crippen molar-refractivity contribution in [3.05, 3.63) is 56.5 Å². The summed E-state index contributed by atoms with van der Waals surface area (Å²) in [5.41, 5.74) is 8.25. The molecule has 0 heterocycles. The van der Waals surface area contributed by atoms with Crippen LogP contribution in [0.4, 0.5) is 0 Å². The molecule has 2 aromatic rings. The molecule has 0 amide bonds. The largest absolute Gasteiger partial charge is 0.496 e. The average Bonchev–Trinajstić information content (AvgIpc) is 2.46. The van der Waals surface area contributed by atoms with Gasteiger partial charge in [-0.15, -0.1) is 0 Å². The molecule has 0 aliphatic heterocycles. The number of rotatable bonds is 4. The highest BCUT2D eigenvalue weighted by atomic mass is 79.9. The number of benzene rings is 2. The lowest BCUT2D eigenvalue weighted by atomic mass is 9.98. The van der Waals surface area contributed by atoms with Crippen LogP contribution in [0.1, 0.15) is 17.2 Å². The normalized spacial score (nSPS) is 12.1. The number of halogens is 2. The van der Waals surface area contributed by atoms with E-state index >= 15 is 0 Å². The Morgan fingerprint density at radius 2 is 1.70 bits per heavy atom. The first kappa shape index (κ1) is 15.4. The van der Waals surface area contributed by atoms with Crippen LogP contribution in [0.25, 0.3) is 0 Å². The van der Waals surface area contributed by atoms with Gasteiger partial charge in [0.15, 0.2) is 0 Å². The van der Waals surface area contributed by atoms with E-state index < -0.39 is 0 Å². The average molecular weight is 401 g/mol. The summed E-state index contributed by atoms with van der Waals surface area (Å²) in [4.78, 5) is 0. The molecule has 1 atom stereocenters. The molecule has 1 unspecified atom stereocenters. The zero-order chi connectivity index (χ0) is 14.7. The molecule has 3 nitrogen and oxygen atoms in total. The smallest absolute Gasteiger partial charge is 0.133 e. The van der Waals surface area contributed by atoms with Gasteiger partial charge in [0.05, 0.1) is 24.7 Å². The van der Waals surface area contributed by atoms with Crippen molar-refractivity contribution in [1.29, 1.82) is 0 Å². The third-order valence-corrected chi connectivity index (χ3v) is 4.16. The first-order chi connectivity index (χ1) is 9.56. The van der Waals surface area contributed by atoms with Crippen LogP contribution >= 0.6 is 31.9 Å². The SMILES string of the molecule is COc1cc(C(N)c2cccc(Br)c2)c(OC)cc1Br. The van der Waals surface area contributed by atoms with E-state index in [0.29, 0.717) is 0 Å². The van der Waals surface area contributed by atoms with Crippen LogP contribution in [0.3, 0.4) is 0 Å². The molecule has 0 aliphatic rings. The van der Waals surface area contributed by atoms with Gasteiger partial charge in [-0.2, -0.15) is 0 Å². The third-order valence-electron chi connectivity index (χ3n) is 3.05. The minimum absolute atomic E-state index is 0.288. The lowest BCUT2D eigenvalue weighted by molar-refractivity contribution is 0.395. The summed E-state index contributed by atoms with van der Waals surface area (Å²) in [6.07, 6.45) is 0. The number of hydrogen-bond donors (Lipinski definition) is 1. The zero-order valence-corrected chi connectivity index (χ0v) is 14.4. The maximum Gasteiger partial charge on any atom is 0.133 e. The van der Waals surface area contributed by atoms with Crippen LogP contribution in [0.2, 0.25) is 0 Å². The van der Waals surface area contributed by atoms with Crippen LogP contribution in [-0.4, -0.2) is 14.2 Å². The minimum Gasteiger partial charge on any atom is -0.496 e. The Morgan fingerprint density at radius 3 is 2.30 bits per heavy atom. The van der Waals surface area contributed by atoms with E-state index in [2.05, 4.69) is 31.9 Å². The van der Waals surface area contributed by atoms with Crippen molar-refractivity contribution in [2.45, 2.75) is 6.04 Å². The van der Waals surface area contributed by atoms with Crippen molar-refractivity contribution >= 4 is 31.9 Å². The summed E-state index contributed by atoms with van der Waals surface area (Å²) in [5.74, 6) is 1.45. The molecule has 2 rings (SSSR count). The van der Waals surface area contributed by atoms with Gasteiger partial charge >= 0.3 is 0 Å². The highest BCUT2D eigenvalue weighted by Crippen LogP contribution is 2.37. The van der Waals surface area contributed by atoms with Crippen molar-refractivity contribution in [3.63, 3.8) is 0 Å². The molecule has 5 heteroatoms. The second-order valence-electron chi connectivity index (χ2n) is 4.26. The Hall–Kier alpha value is -1.04. The van der Waals surface area contributed by atoms with Crippen LogP contribution in [0.5, 0.6) is 11.5 Å². The molecule has 0 spiro atoms. The van der Waals surface area contributed by atoms with Crippen LogP contribution in [0, 0.1) is 0 Å². The van der Waals surface area contributed by atoms with Gasteiger partial charge in [-0.1, -0.05) is 28.1 Å². The molecule has 0 saturated carbocycles. The highest BCUT2D eigenvalue weighted by Gasteiger charge is 2.17. The topological polar surface area (TPSA) is 44.5 Å². The fourth-order valence-corrected chi connectivity index (χ4v) is 2.91. The standard InChI is InChI=1S/C15H15Br2NO2/c1-19-13-8-12(17)14(20-2)7-11(13)15(18)9-4-3-5-10(16)6-9/h3-8,15H,18H2,1-2H3. The third kappa shape index (κ3) is 3.16. The fourth-order valence-electron chi connectivity index (χ4n) is 2.01. The molecular formula is C15H15Br2NO2. The summed E-state index contributed by atoms with van der Waals surface area (Å²) in [6, 6.07) is 11.4. The monoisotopic (exact) mass is 399 g/mol. The highest BCUT2D eigenvalue weighted by molar-refractivity contribution is 9.10. The maximum absolute atomic E-state index is 6.36. The number of methoxy groups -OCH3 is 2. The molecule has 2 N–H and O–H groups in total. The summed E-state index contributed by atoms with van der Waals surface area (Å²) < 4.78 is 12.6. The number of ether oxygens (including phenoxy) is 2. The lowest BCUT2D eigenvalue weighted by Gasteiger charge is -2.18. The van der Waals surface area contributed by atoms with E-state index in [-0.39, 0.29) is 6.04 Å². The van der Waals surface area contributed by atoms with Gasteiger partial charge in [0, 0.05) is 10.0 Å². The van der Waals surface area contributed by atoms with E-state index in [1.807, 2.05) is 36.4 Å². The van der Waals surface area contributed by atoms with Gasteiger partial charge < -0.3 is 15.2 Å². The van der Waals surface area contributed by atoms with Crippen LogP contribution in [-0.2, 0) is 0 Å². The first-order valence-corrected chi connectivity index (χ1v) is 7.58. The van der Waals surface area contributed by atoms with E-state index in [1.165, 1.54) is 0 Å². The van der Waals surface area contributed by atoms with Crippen LogP contribution < -0.4 is 15.2 Å². The molecule has 20 heavy (non-hydrogen) atoms. The van der Waals surface area contributed by atoms with Gasteiger partial charge in [-0.3, -0.25) is 0 Å².